The molecule has 2 aromatic rings. The van der Waals surface area contributed by atoms with E-state index in [1.807, 2.05) is 6.07 Å². The first-order valence-corrected chi connectivity index (χ1v) is 8.70. The zero-order chi connectivity index (χ0) is 18.7. The second-order valence-corrected chi connectivity index (χ2v) is 7.37. The molecule has 138 valence electrons. The summed E-state index contributed by atoms with van der Waals surface area (Å²) in [6.07, 6.45) is 3.16. The molecular formula is C19H24N4O3. The minimum Gasteiger partial charge on any atom is -0.459 e. The third-order valence-electron chi connectivity index (χ3n) is 4.09. The van der Waals surface area contributed by atoms with Gasteiger partial charge in [-0.05, 0) is 45.0 Å². The molecule has 0 radical (unpaired) electrons. The largest absolute Gasteiger partial charge is 0.459 e. The average molecular weight is 356 g/mol. The van der Waals surface area contributed by atoms with E-state index in [2.05, 4.69) is 31.1 Å². The second-order valence-electron chi connectivity index (χ2n) is 7.37. The molecule has 0 aliphatic carbocycles. The Hall–Kier alpha value is -2.83. The summed E-state index contributed by atoms with van der Waals surface area (Å²) in [5, 5.41) is 3.32. The van der Waals surface area contributed by atoms with Crippen LogP contribution in [-0.4, -0.2) is 58.3 Å². The van der Waals surface area contributed by atoms with Crippen LogP contribution in [0.3, 0.4) is 0 Å². The maximum atomic E-state index is 12.6. The first kappa shape index (κ1) is 18.0. The second kappa shape index (κ2) is 7.19. The maximum Gasteiger partial charge on any atom is 0.289 e. The third kappa shape index (κ3) is 4.22. The van der Waals surface area contributed by atoms with E-state index in [4.69, 9.17) is 4.42 Å². The molecule has 0 spiro atoms. The maximum absolute atomic E-state index is 12.6. The number of nitrogens with zero attached hydrogens (tertiary/aromatic N) is 3. The van der Waals surface area contributed by atoms with Gasteiger partial charge in [-0.25, -0.2) is 4.98 Å². The molecule has 3 rings (SSSR count). The van der Waals surface area contributed by atoms with Gasteiger partial charge in [0, 0.05) is 31.7 Å². The molecule has 0 atom stereocenters. The van der Waals surface area contributed by atoms with E-state index in [1.54, 1.807) is 34.2 Å². The highest BCUT2D eigenvalue weighted by molar-refractivity contribution is 5.93. The Morgan fingerprint density at radius 2 is 1.69 bits per heavy atom. The molecule has 0 saturated carbocycles. The Morgan fingerprint density at radius 3 is 2.19 bits per heavy atom. The molecular weight excluding hydrogens is 332 g/mol. The van der Waals surface area contributed by atoms with Crippen LogP contribution in [0.4, 0.5) is 5.69 Å². The molecule has 1 aliphatic rings. The molecule has 2 aromatic heterocycles. The van der Waals surface area contributed by atoms with Crippen LogP contribution in [-0.2, 0) is 0 Å². The minimum atomic E-state index is -0.141. The fourth-order valence-electron chi connectivity index (χ4n) is 2.86. The lowest BCUT2D eigenvalue weighted by Gasteiger charge is -2.34. The molecule has 1 fully saturated rings. The van der Waals surface area contributed by atoms with Crippen LogP contribution in [0.15, 0.2) is 41.1 Å². The van der Waals surface area contributed by atoms with E-state index in [-0.39, 0.29) is 17.4 Å². The highest BCUT2D eigenvalue weighted by atomic mass is 16.3. The Bertz CT molecular complexity index is 755. The van der Waals surface area contributed by atoms with Crippen molar-refractivity contribution in [3.8, 4) is 0 Å². The van der Waals surface area contributed by atoms with Crippen molar-refractivity contribution < 1.29 is 14.0 Å². The van der Waals surface area contributed by atoms with Crippen LogP contribution in [0.5, 0.6) is 0 Å². The van der Waals surface area contributed by atoms with Crippen molar-refractivity contribution >= 4 is 17.5 Å². The lowest BCUT2D eigenvalue weighted by Crippen LogP contribution is -2.50. The number of furan rings is 1. The summed E-state index contributed by atoms with van der Waals surface area (Å²) in [4.78, 5) is 32.6. The molecule has 1 saturated heterocycles. The highest BCUT2D eigenvalue weighted by Crippen LogP contribution is 2.15. The smallest absolute Gasteiger partial charge is 0.289 e. The molecule has 0 aromatic carbocycles. The standard InChI is InChI=1S/C19H24N4O3/c1-19(2,3)21-14-6-7-15(20-13-14)17(24)22-8-10-23(11-9-22)18(25)16-5-4-12-26-16/h4-7,12-13,21H,8-11H2,1-3H3. The van der Waals surface area contributed by atoms with Crippen molar-refractivity contribution in [2.75, 3.05) is 31.5 Å². The van der Waals surface area contributed by atoms with Gasteiger partial charge < -0.3 is 19.5 Å². The minimum absolute atomic E-state index is 0.0654. The summed E-state index contributed by atoms with van der Waals surface area (Å²) in [6.45, 7) is 8.12. The number of hydrogen-bond donors (Lipinski definition) is 1. The first-order chi connectivity index (χ1) is 12.3. The Morgan fingerprint density at radius 1 is 1.04 bits per heavy atom. The highest BCUT2D eigenvalue weighted by Gasteiger charge is 2.27. The number of rotatable bonds is 3. The van der Waals surface area contributed by atoms with Gasteiger partial charge in [0.2, 0.25) is 0 Å². The number of aromatic nitrogens is 1. The van der Waals surface area contributed by atoms with Gasteiger partial charge in [0.15, 0.2) is 5.76 Å². The molecule has 1 N–H and O–H groups in total. The van der Waals surface area contributed by atoms with Gasteiger partial charge in [0.1, 0.15) is 5.69 Å². The molecule has 0 unspecified atom stereocenters. The van der Waals surface area contributed by atoms with E-state index >= 15 is 0 Å². The molecule has 2 amide bonds. The van der Waals surface area contributed by atoms with E-state index in [0.29, 0.717) is 37.6 Å². The fourth-order valence-corrected chi connectivity index (χ4v) is 2.86. The van der Waals surface area contributed by atoms with Gasteiger partial charge in [-0.1, -0.05) is 0 Å². The molecule has 0 bridgehead atoms. The van der Waals surface area contributed by atoms with Gasteiger partial charge in [0.05, 0.1) is 18.1 Å². The van der Waals surface area contributed by atoms with Crippen LogP contribution in [0.25, 0.3) is 0 Å². The molecule has 3 heterocycles. The SMILES string of the molecule is CC(C)(C)Nc1ccc(C(=O)N2CCN(C(=O)c3ccco3)CC2)nc1. The van der Waals surface area contributed by atoms with Gasteiger partial charge in [-0.3, -0.25) is 9.59 Å². The van der Waals surface area contributed by atoms with Crippen molar-refractivity contribution in [2.24, 2.45) is 0 Å². The lowest BCUT2D eigenvalue weighted by molar-refractivity contribution is 0.0515. The predicted molar refractivity (Wildman–Crippen MR) is 98.1 cm³/mol. The van der Waals surface area contributed by atoms with Gasteiger partial charge in [-0.2, -0.15) is 0 Å². The number of hydrogen-bond acceptors (Lipinski definition) is 5. The van der Waals surface area contributed by atoms with Gasteiger partial charge >= 0.3 is 0 Å². The Kier molecular flexibility index (Phi) is 4.97. The number of amides is 2. The summed E-state index contributed by atoms with van der Waals surface area (Å²) in [7, 11) is 0. The molecule has 7 nitrogen and oxygen atoms in total. The van der Waals surface area contributed by atoms with Crippen molar-refractivity contribution in [3.63, 3.8) is 0 Å². The number of carbonyl (C=O) groups excluding carboxylic acids is 2. The van der Waals surface area contributed by atoms with Crippen LogP contribution < -0.4 is 5.32 Å². The van der Waals surface area contributed by atoms with Crippen LogP contribution in [0, 0.1) is 0 Å². The summed E-state index contributed by atoms with van der Waals surface area (Å²) < 4.78 is 5.15. The third-order valence-corrected chi connectivity index (χ3v) is 4.09. The zero-order valence-electron chi connectivity index (χ0n) is 15.4. The number of piperazine rings is 1. The van der Waals surface area contributed by atoms with Crippen molar-refractivity contribution in [2.45, 2.75) is 26.3 Å². The predicted octanol–water partition coefficient (Wildman–Crippen LogP) is 2.48. The molecule has 1 aliphatic heterocycles. The number of anilines is 1. The van der Waals surface area contributed by atoms with E-state index < -0.39 is 0 Å². The van der Waals surface area contributed by atoms with E-state index in [0.717, 1.165) is 5.69 Å². The summed E-state index contributed by atoms with van der Waals surface area (Å²) in [6, 6.07) is 6.94. The van der Waals surface area contributed by atoms with Crippen LogP contribution in [0.1, 0.15) is 41.8 Å². The van der Waals surface area contributed by atoms with Gasteiger partial charge in [0.25, 0.3) is 11.8 Å². The van der Waals surface area contributed by atoms with Crippen LogP contribution >= 0.6 is 0 Å². The average Bonchev–Trinajstić information content (AvgIpc) is 3.14. The summed E-state index contributed by atoms with van der Waals surface area (Å²) >= 11 is 0. The normalized spacial score (nSPS) is 15.0. The lowest BCUT2D eigenvalue weighted by atomic mass is 10.1. The molecule has 26 heavy (non-hydrogen) atoms. The zero-order valence-corrected chi connectivity index (χ0v) is 15.4. The topological polar surface area (TPSA) is 78.7 Å². The number of carbonyl (C=O) groups is 2. The number of nitrogens with one attached hydrogen (secondary N) is 1. The van der Waals surface area contributed by atoms with Gasteiger partial charge in [-0.15, -0.1) is 0 Å². The Balaban J connectivity index is 1.57. The summed E-state index contributed by atoms with van der Waals surface area (Å²) in [5.41, 5.74) is 1.22. The monoisotopic (exact) mass is 356 g/mol. The van der Waals surface area contributed by atoms with Crippen molar-refractivity contribution in [1.82, 2.24) is 14.8 Å². The Labute approximate surface area is 153 Å². The molecule has 7 heteroatoms. The quantitative estimate of drug-likeness (QED) is 0.914. The first-order valence-electron chi connectivity index (χ1n) is 8.70. The van der Waals surface area contributed by atoms with Crippen LogP contribution in [0.2, 0.25) is 0 Å². The van der Waals surface area contributed by atoms with Crippen molar-refractivity contribution in [1.29, 1.82) is 0 Å². The summed E-state index contributed by atoms with van der Waals surface area (Å²) in [5.74, 6) is 0.0728. The van der Waals surface area contributed by atoms with Crippen molar-refractivity contribution in [3.05, 3.63) is 48.2 Å². The van der Waals surface area contributed by atoms with E-state index in [9.17, 15) is 9.59 Å². The fraction of sp³-hybridized carbons (Fsp3) is 0.421. The van der Waals surface area contributed by atoms with E-state index in [1.165, 1.54) is 6.26 Å². The number of pyridine rings is 1.